The number of esters is 1. The van der Waals surface area contributed by atoms with E-state index in [-0.39, 0.29) is 30.6 Å². The fraction of sp³-hybridized carbons (Fsp3) is 0.346. The number of rotatable bonds is 4. The number of carbonyl (C=O) groups excluding carboxylic acids is 1. The van der Waals surface area contributed by atoms with Gasteiger partial charge in [-0.3, -0.25) is 13.9 Å². The zero-order valence-corrected chi connectivity index (χ0v) is 20.8. The molecule has 2 atom stereocenters. The van der Waals surface area contributed by atoms with E-state index in [4.69, 9.17) is 4.74 Å². The first-order chi connectivity index (χ1) is 18.0. The summed E-state index contributed by atoms with van der Waals surface area (Å²) in [6.07, 6.45) is -4.34. The first-order valence-electron chi connectivity index (χ1n) is 12.0. The SMILES string of the molecule is CCOC(=O)c1cn(-c2ccc3c(c2)N(C)C(O)N3C)c(=O)n([C@@H]2CCc3c2cccc3C(F)(F)F)c1=O. The second-order valence-corrected chi connectivity index (χ2v) is 9.26. The first kappa shape index (κ1) is 25.6. The van der Waals surface area contributed by atoms with E-state index in [1.54, 1.807) is 49.0 Å². The summed E-state index contributed by atoms with van der Waals surface area (Å²) in [6.45, 7) is 1.54. The summed E-state index contributed by atoms with van der Waals surface area (Å²) >= 11 is 0. The summed E-state index contributed by atoms with van der Waals surface area (Å²) in [4.78, 5) is 43.2. The van der Waals surface area contributed by atoms with Crippen LogP contribution in [-0.2, 0) is 17.3 Å². The lowest BCUT2D eigenvalue weighted by Crippen LogP contribution is -2.44. The van der Waals surface area contributed by atoms with E-state index in [0.717, 1.165) is 21.4 Å². The molecule has 2 aliphatic rings. The number of anilines is 2. The van der Waals surface area contributed by atoms with E-state index in [2.05, 4.69) is 0 Å². The molecular formula is C26H25F3N4O5. The highest BCUT2D eigenvalue weighted by atomic mass is 19.4. The topological polar surface area (TPSA) is 97.0 Å². The molecule has 200 valence electrons. The standard InChI is InChI=1S/C26H25F3N4O5/c1-4-38-23(35)17-13-32(14-8-10-20-21(12-14)31(3)24(36)30(20)2)25(37)33(22(17)34)19-11-9-15-16(19)6-5-7-18(15)26(27,28)29/h5-8,10,12-13,19,24,36H,4,9,11H2,1-3H3/t19-,24?/m1/s1. The number of fused-ring (bicyclic) bond motifs is 2. The van der Waals surface area contributed by atoms with Gasteiger partial charge in [-0.05, 0) is 55.2 Å². The van der Waals surface area contributed by atoms with E-state index in [1.165, 1.54) is 12.1 Å². The molecule has 9 nitrogen and oxygen atoms in total. The third-order valence-corrected chi connectivity index (χ3v) is 7.16. The number of nitrogens with zero attached hydrogens (tertiary/aromatic N) is 4. The molecule has 0 spiro atoms. The summed E-state index contributed by atoms with van der Waals surface area (Å²) < 4.78 is 47.9. The Hall–Kier alpha value is -4.06. The highest BCUT2D eigenvalue weighted by Gasteiger charge is 2.39. The van der Waals surface area contributed by atoms with Gasteiger partial charge < -0.3 is 19.6 Å². The van der Waals surface area contributed by atoms with Gasteiger partial charge in [0.25, 0.3) is 5.56 Å². The summed E-state index contributed by atoms with van der Waals surface area (Å²) in [5, 5.41) is 10.4. The van der Waals surface area contributed by atoms with Crippen LogP contribution >= 0.6 is 0 Å². The normalized spacial score (nSPS) is 18.5. The van der Waals surface area contributed by atoms with Gasteiger partial charge in [0.1, 0.15) is 5.56 Å². The van der Waals surface area contributed by atoms with Crippen molar-refractivity contribution < 1.29 is 27.8 Å². The van der Waals surface area contributed by atoms with Crippen LogP contribution in [0.15, 0.2) is 52.2 Å². The molecule has 5 rings (SSSR count). The minimum absolute atomic E-state index is 0.0130. The molecule has 0 saturated carbocycles. The number of benzene rings is 2. The molecule has 0 saturated heterocycles. The number of aromatic nitrogens is 2. The number of ether oxygens (including phenoxy) is 1. The molecule has 0 fully saturated rings. The highest BCUT2D eigenvalue weighted by Crippen LogP contribution is 2.41. The first-order valence-corrected chi connectivity index (χ1v) is 12.0. The Morgan fingerprint density at radius 3 is 2.50 bits per heavy atom. The van der Waals surface area contributed by atoms with Crippen molar-refractivity contribution >= 4 is 17.3 Å². The molecule has 1 aliphatic carbocycles. The van der Waals surface area contributed by atoms with Crippen molar-refractivity contribution in [3.63, 3.8) is 0 Å². The number of halogens is 3. The lowest BCUT2D eigenvalue weighted by atomic mass is 10.0. The molecule has 1 aromatic heterocycles. The zero-order valence-electron chi connectivity index (χ0n) is 20.8. The second-order valence-electron chi connectivity index (χ2n) is 9.26. The molecule has 2 heterocycles. The lowest BCUT2D eigenvalue weighted by Gasteiger charge is -2.21. The van der Waals surface area contributed by atoms with Crippen LogP contribution in [0.3, 0.4) is 0 Å². The zero-order chi connectivity index (χ0) is 27.5. The van der Waals surface area contributed by atoms with Crippen molar-refractivity contribution in [1.29, 1.82) is 0 Å². The molecule has 1 aliphatic heterocycles. The van der Waals surface area contributed by atoms with Gasteiger partial charge in [0.15, 0.2) is 0 Å². The van der Waals surface area contributed by atoms with Gasteiger partial charge in [0, 0.05) is 20.3 Å². The van der Waals surface area contributed by atoms with Crippen LogP contribution in [0, 0.1) is 0 Å². The van der Waals surface area contributed by atoms with Crippen LogP contribution in [0.1, 0.15) is 46.4 Å². The third kappa shape index (κ3) is 3.87. The van der Waals surface area contributed by atoms with Crippen LogP contribution in [0.5, 0.6) is 0 Å². The van der Waals surface area contributed by atoms with E-state index < -0.39 is 46.9 Å². The monoisotopic (exact) mass is 530 g/mol. The Morgan fingerprint density at radius 2 is 1.82 bits per heavy atom. The Kier molecular flexibility index (Phi) is 6.09. The average Bonchev–Trinajstić information content (AvgIpc) is 3.38. The van der Waals surface area contributed by atoms with Gasteiger partial charge in [-0.25, -0.2) is 9.59 Å². The second kappa shape index (κ2) is 9.05. The summed E-state index contributed by atoms with van der Waals surface area (Å²) in [6, 6.07) is 7.59. The van der Waals surface area contributed by atoms with E-state index in [9.17, 15) is 32.7 Å². The summed E-state index contributed by atoms with van der Waals surface area (Å²) in [5.41, 5.74) is -1.15. The van der Waals surface area contributed by atoms with Crippen LogP contribution in [0.2, 0.25) is 0 Å². The van der Waals surface area contributed by atoms with Crippen molar-refractivity contribution in [3.05, 3.63) is 85.7 Å². The highest BCUT2D eigenvalue weighted by molar-refractivity contribution is 5.88. The molecule has 1 N–H and O–H groups in total. The van der Waals surface area contributed by atoms with Gasteiger partial charge >= 0.3 is 17.8 Å². The average molecular weight is 531 g/mol. The molecular weight excluding hydrogens is 505 g/mol. The molecule has 0 radical (unpaired) electrons. The van der Waals surface area contributed by atoms with Crippen molar-refractivity contribution in [2.75, 3.05) is 30.5 Å². The van der Waals surface area contributed by atoms with Gasteiger partial charge in [-0.2, -0.15) is 13.2 Å². The Balaban J connectivity index is 1.73. The van der Waals surface area contributed by atoms with Gasteiger partial charge in [-0.1, -0.05) is 12.1 Å². The number of aliphatic hydroxyl groups is 1. The van der Waals surface area contributed by atoms with Crippen LogP contribution in [0.4, 0.5) is 24.5 Å². The number of hydrogen-bond acceptors (Lipinski definition) is 7. The third-order valence-electron chi connectivity index (χ3n) is 7.16. The Morgan fingerprint density at radius 1 is 1.11 bits per heavy atom. The molecule has 0 bridgehead atoms. The minimum atomic E-state index is -4.59. The van der Waals surface area contributed by atoms with E-state index in [1.807, 2.05) is 0 Å². The van der Waals surface area contributed by atoms with Gasteiger partial charge in [0.05, 0.1) is 35.3 Å². The van der Waals surface area contributed by atoms with Crippen LogP contribution < -0.4 is 21.0 Å². The number of hydrogen-bond donors (Lipinski definition) is 1. The van der Waals surface area contributed by atoms with Crippen LogP contribution in [0.25, 0.3) is 5.69 Å². The predicted octanol–water partition coefficient (Wildman–Crippen LogP) is 2.89. The number of alkyl halides is 3. The number of aliphatic hydroxyl groups excluding tert-OH is 1. The fourth-order valence-corrected chi connectivity index (χ4v) is 5.30. The smallest absolute Gasteiger partial charge is 0.416 e. The minimum Gasteiger partial charge on any atom is -0.462 e. The Bertz CT molecular complexity index is 1560. The maximum Gasteiger partial charge on any atom is 0.416 e. The molecule has 38 heavy (non-hydrogen) atoms. The van der Waals surface area contributed by atoms with Crippen molar-refractivity contribution in [2.45, 2.75) is 38.3 Å². The van der Waals surface area contributed by atoms with Crippen molar-refractivity contribution in [1.82, 2.24) is 9.13 Å². The largest absolute Gasteiger partial charge is 0.462 e. The van der Waals surface area contributed by atoms with E-state index in [0.29, 0.717) is 17.1 Å². The van der Waals surface area contributed by atoms with E-state index >= 15 is 0 Å². The maximum atomic E-state index is 13.8. The molecule has 3 aromatic rings. The summed E-state index contributed by atoms with van der Waals surface area (Å²) in [5.74, 6) is -0.948. The molecule has 12 heteroatoms. The maximum absolute atomic E-state index is 13.8. The molecule has 1 unspecified atom stereocenters. The van der Waals surface area contributed by atoms with Gasteiger partial charge in [-0.15, -0.1) is 0 Å². The Labute approximate surface area is 214 Å². The number of carbonyl (C=O) groups is 1. The van der Waals surface area contributed by atoms with Gasteiger partial charge in [0.2, 0.25) is 6.35 Å². The van der Waals surface area contributed by atoms with Crippen molar-refractivity contribution in [3.8, 4) is 5.69 Å². The van der Waals surface area contributed by atoms with Crippen LogP contribution in [-0.4, -0.2) is 47.3 Å². The fourth-order valence-electron chi connectivity index (χ4n) is 5.30. The molecule has 0 amide bonds. The molecule has 2 aromatic carbocycles. The quantitative estimate of drug-likeness (QED) is 0.519. The predicted molar refractivity (Wildman–Crippen MR) is 133 cm³/mol. The summed E-state index contributed by atoms with van der Waals surface area (Å²) in [7, 11) is 3.36. The lowest BCUT2D eigenvalue weighted by molar-refractivity contribution is -0.138. The van der Waals surface area contributed by atoms with Crippen molar-refractivity contribution in [2.24, 2.45) is 0 Å².